The lowest BCUT2D eigenvalue weighted by Crippen LogP contribution is -2.50. The van der Waals surface area contributed by atoms with E-state index in [9.17, 15) is 18.7 Å². The zero-order valence-electron chi connectivity index (χ0n) is 24.7. The molecule has 0 heterocycles. The van der Waals surface area contributed by atoms with Crippen LogP contribution < -0.4 is 10.6 Å². The van der Waals surface area contributed by atoms with Crippen molar-refractivity contribution in [3.05, 3.63) is 106 Å². The Morgan fingerprint density at radius 2 is 1.83 bits per heavy atom. The number of unbranched alkanes of at least 4 members (excludes halogenated alkanes) is 1. The fourth-order valence-electron chi connectivity index (χ4n) is 5.46. The molecule has 1 saturated carbocycles. The number of aryl methyl sites for hydroxylation is 1. The fraction of sp³-hybridized carbons (Fsp3) is 0.400. The summed E-state index contributed by atoms with van der Waals surface area (Å²) in [5.74, 6) is 0.905. The van der Waals surface area contributed by atoms with Crippen LogP contribution in [0.2, 0.25) is 0 Å². The Kier molecular flexibility index (Phi) is 10.5. The van der Waals surface area contributed by atoms with Gasteiger partial charge in [0.25, 0.3) is 5.91 Å². The summed E-state index contributed by atoms with van der Waals surface area (Å²) in [5, 5.41) is 17.8. The van der Waals surface area contributed by atoms with Crippen molar-refractivity contribution in [1.82, 2.24) is 15.5 Å². The third-order valence-corrected chi connectivity index (χ3v) is 7.89. The van der Waals surface area contributed by atoms with Crippen molar-refractivity contribution in [3.63, 3.8) is 0 Å². The SMILES string of the molecule is C#Cc1cccc(C2(NC[C@@H](O)[C@H](Cc3cc(F)cc(F)c3)NC(=O)c3cc(C)cc(CN(C)CCCC)c3)CC2)c1. The quantitative estimate of drug-likeness (QED) is 0.224. The molecular weight excluding hydrogens is 532 g/mol. The van der Waals surface area contributed by atoms with Gasteiger partial charge in [0.1, 0.15) is 11.6 Å². The molecule has 3 aromatic carbocycles. The van der Waals surface area contributed by atoms with Crippen molar-refractivity contribution < 1.29 is 18.7 Å². The molecule has 4 rings (SSSR count). The minimum atomic E-state index is -1.03. The number of terminal acetylenes is 1. The van der Waals surface area contributed by atoms with Gasteiger partial charge < -0.3 is 20.6 Å². The summed E-state index contributed by atoms with van der Waals surface area (Å²) >= 11 is 0. The van der Waals surface area contributed by atoms with Crippen LogP contribution in [0.25, 0.3) is 0 Å². The summed E-state index contributed by atoms with van der Waals surface area (Å²) in [6, 6.07) is 16.0. The summed E-state index contributed by atoms with van der Waals surface area (Å²) < 4.78 is 28.0. The average molecular weight is 574 g/mol. The molecule has 1 aliphatic carbocycles. The smallest absolute Gasteiger partial charge is 0.251 e. The number of aliphatic hydroxyl groups is 1. The molecule has 0 bridgehead atoms. The predicted molar refractivity (Wildman–Crippen MR) is 163 cm³/mol. The summed E-state index contributed by atoms with van der Waals surface area (Å²) in [4.78, 5) is 15.8. The zero-order valence-corrected chi connectivity index (χ0v) is 24.7. The van der Waals surface area contributed by atoms with Crippen LogP contribution in [0, 0.1) is 30.9 Å². The molecule has 5 nitrogen and oxygen atoms in total. The highest BCUT2D eigenvalue weighted by Gasteiger charge is 2.44. The van der Waals surface area contributed by atoms with Crippen LogP contribution in [0.1, 0.15) is 70.8 Å². The number of benzene rings is 3. The van der Waals surface area contributed by atoms with Crippen molar-refractivity contribution in [2.75, 3.05) is 20.1 Å². The first-order valence-corrected chi connectivity index (χ1v) is 14.7. The van der Waals surface area contributed by atoms with Crippen molar-refractivity contribution >= 4 is 5.91 Å². The number of carbonyl (C=O) groups is 1. The summed E-state index contributed by atoms with van der Waals surface area (Å²) in [6.45, 7) is 5.95. The van der Waals surface area contributed by atoms with Gasteiger partial charge in [-0.2, -0.15) is 0 Å². The molecule has 0 spiro atoms. The first kappa shape index (κ1) is 31.4. The van der Waals surface area contributed by atoms with Gasteiger partial charge in [0, 0.05) is 35.8 Å². The van der Waals surface area contributed by atoms with Gasteiger partial charge in [-0.25, -0.2) is 8.78 Å². The Morgan fingerprint density at radius 1 is 1.10 bits per heavy atom. The summed E-state index contributed by atoms with van der Waals surface area (Å²) in [5.41, 5.74) is 4.34. The second-order valence-electron chi connectivity index (χ2n) is 11.6. The molecule has 7 heteroatoms. The minimum Gasteiger partial charge on any atom is -0.390 e. The highest BCUT2D eigenvalue weighted by atomic mass is 19.1. The third-order valence-electron chi connectivity index (χ3n) is 7.89. The third kappa shape index (κ3) is 8.48. The molecular formula is C35H41F2N3O2. The van der Waals surface area contributed by atoms with E-state index in [-0.39, 0.29) is 24.4 Å². The van der Waals surface area contributed by atoms with Gasteiger partial charge in [-0.1, -0.05) is 43.0 Å². The van der Waals surface area contributed by atoms with E-state index in [2.05, 4.69) is 41.5 Å². The van der Waals surface area contributed by atoms with Crippen molar-refractivity contribution in [3.8, 4) is 12.3 Å². The van der Waals surface area contributed by atoms with E-state index in [1.54, 1.807) is 0 Å². The number of hydrogen-bond donors (Lipinski definition) is 3. The zero-order chi connectivity index (χ0) is 30.3. The van der Waals surface area contributed by atoms with Crippen LogP contribution in [0.4, 0.5) is 8.78 Å². The van der Waals surface area contributed by atoms with Gasteiger partial charge >= 0.3 is 0 Å². The molecule has 1 aliphatic rings. The maximum atomic E-state index is 14.0. The number of carbonyl (C=O) groups excluding carboxylic acids is 1. The number of hydrogen-bond acceptors (Lipinski definition) is 4. The Morgan fingerprint density at radius 3 is 2.50 bits per heavy atom. The lowest BCUT2D eigenvalue weighted by atomic mass is 9.98. The number of aliphatic hydroxyl groups excluding tert-OH is 1. The van der Waals surface area contributed by atoms with Gasteiger partial charge in [-0.05, 0) is 99.3 Å². The highest BCUT2D eigenvalue weighted by Crippen LogP contribution is 2.45. The second-order valence-corrected chi connectivity index (χ2v) is 11.6. The molecule has 1 amide bonds. The van der Waals surface area contributed by atoms with Crippen molar-refractivity contribution in [1.29, 1.82) is 0 Å². The number of rotatable bonds is 14. The molecule has 0 unspecified atom stereocenters. The van der Waals surface area contributed by atoms with E-state index in [4.69, 9.17) is 6.42 Å². The molecule has 42 heavy (non-hydrogen) atoms. The monoisotopic (exact) mass is 573 g/mol. The van der Waals surface area contributed by atoms with E-state index in [0.29, 0.717) is 17.7 Å². The molecule has 0 radical (unpaired) electrons. The van der Waals surface area contributed by atoms with Gasteiger partial charge in [-0.3, -0.25) is 4.79 Å². The van der Waals surface area contributed by atoms with Gasteiger partial charge in [0.15, 0.2) is 0 Å². The summed E-state index contributed by atoms with van der Waals surface area (Å²) in [6.07, 6.45) is 8.60. The van der Waals surface area contributed by atoms with Gasteiger partial charge in [-0.15, -0.1) is 6.42 Å². The Balaban J connectivity index is 1.52. The van der Waals surface area contributed by atoms with Crippen molar-refractivity contribution in [2.45, 2.75) is 70.2 Å². The Bertz CT molecular complexity index is 1410. The molecule has 0 aliphatic heterocycles. The van der Waals surface area contributed by atoms with E-state index in [1.165, 1.54) is 12.1 Å². The lowest BCUT2D eigenvalue weighted by molar-refractivity contribution is 0.0821. The maximum Gasteiger partial charge on any atom is 0.251 e. The number of nitrogens with zero attached hydrogens (tertiary/aromatic N) is 1. The normalized spacial score (nSPS) is 15.2. The summed E-state index contributed by atoms with van der Waals surface area (Å²) in [7, 11) is 2.06. The van der Waals surface area contributed by atoms with E-state index >= 15 is 0 Å². The van der Waals surface area contributed by atoms with E-state index < -0.39 is 23.8 Å². The number of nitrogens with one attached hydrogen (secondary N) is 2. The number of amides is 1. The molecule has 222 valence electrons. The number of halogens is 2. The van der Waals surface area contributed by atoms with Crippen LogP contribution in [-0.2, 0) is 18.5 Å². The van der Waals surface area contributed by atoms with Crippen LogP contribution in [0.5, 0.6) is 0 Å². The molecule has 3 N–H and O–H groups in total. The maximum absolute atomic E-state index is 14.0. The van der Waals surface area contributed by atoms with Gasteiger partial charge in [0.2, 0.25) is 0 Å². The van der Waals surface area contributed by atoms with Crippen LogP contribution in [-0.4, -0.2) is 48.2 Å². The lowest BCUT2D eigenvalue weighted by Gasteiger charge is -2.27. The largest absolute Gasteiger partial charge is 0.390 e. The minimum absolute atomic E-state index is 0.0568. The molecule has 0 aromatic heterocycles. The molecule has 3 aromatic rings. The van der Waals surface area contributed by atoms with E-state index in [1.807, 2.05) is 43.3 Å². The standard InChI is InChI=1S/C35H41F2N3O2/c1-5-7-13-40(4)23-27-14-24(3)15-28(16-27)34(42)39-32(20-26-18-30(36)21-31(37)19-26)33(41)22-38-35(11-12-35)29-10-8-9-25(6-2)17-29/h2,8-10,14-19,21,32-33,38,41H,5,7,11-13,20,22-23H2,1,3-4H3,(H,39,42)/t32-,33+/m0/s1. The van der Waals surface area contributed by atoms with Crippen molar-refractivity contribution in [2.24, 2.45) is 0 Å². The highest BCUT2D eigenvalue weighted by molar-refractivity contribution is 5.94. The molecule has 2 atom stereocenters. The van der Waals surface area contributed by atoms with Crippen LogP contribution >= 0.6 is 0 Å². The fourth-order valence-corrected chi connectivity index (χ4v) is 5.46. The first-order valence-electron chi connectivity index (χ1n) is 14.7. The first-order chi connectivity index (χ1) is 20.1. The topological polar surface area (TPSA) is 64.6 Å². The molecule has 1 fully saturated rings. The molecule has 0 saturated heterocycles. The van der Waals surface area contributed by atoms with E-state index in [0.717, 1.165) is 60.5 Å². The Labute approximate surface area is 248 Å². The Hall–Kier alpha value is -3.57. The van der Waals surface area contributed by atoms with Crippen LogP contribution in [0.3, 0.4) is 0 Å². The predicted octanol–water partition coefficient (Wildman–Crippen LogP) is 5.47. The average Bonchev–Trinajstić information content (AvgIpc) is 3.75. The van der Waals surface area contributed by atoms with Gasteiger partial charge in [0.05, 0.1) is 12.1 Å². The second kappa shape index (κ2) is 14.1. The van der Waals surface area contributed by atoms with Crippen LogP contribution in [0.15, 0.2) is 60.7 Å².